The summed E-state index contributed by atoms with van der Waals surface area (Å²) in [5, 5.41) is 0. The van der Waals surface area contributed by atoms with Gasteiger partial charge in [-0.3, -0.25) is 14.5 Å². The third-order valence-electron chi connectivity index (χ3n) is 5.76. The van der Waals surface area contributed by atoms with E-state index in [1.165, 1.54) is 0 Å². The third-order valence-corrected chi connectivity index (χ3v) is 5.76. The van der Waals surface area contributed by atoms with Crippen LogP contribution < -0.4 is 0 Å². The molecule has 0 aliphatic heterocycles. The van der Waals surface area contributed by atoms with Crippen LogP contribution >= 0.6 is 0 Å². The molecule has 2 atom stereocenters. The maximum absolute atomic E-state index is 13.7. The summed E-state index contributed by atoms with van der Waals surface area (Å²) in [5.74, 6) is -2.21. The highest BCUT2D eigenvalue weighted by Gasteiger charge is 2.41. The van der Waals surface area contributed by atoms with Gasteiger partial charge in [0.15, 0.2) is 0 Å². The van der Waals surface area contributed by atoms with E-state index in [1.807, 2.05) is 95.9 Å². The fourth-order valence-corrected chi connectivity index (χ4v) is 4.11. The van der Waals surface area contributed by atoms with Gasteiger partial charge < -0.3 is 14.3 Å². The van der Waals surface area contributed by atoms with Gasteiger partial charge >= 0.3 is 11.9 Å². The van der Waals surface area contributed by atoms with Gasteiger partial charge in [0.2, 0.25) is 0 Å². The molecule has 6 nitrogen and oxygen atoms in total. The second-order valence-electron chi connectivity index (χ2n) is 9.96. The minimum atomic E-state index is -1.04. The Morgan fingerprint density at radius 1 is 0.757 bits per heavy atom. The topological polar surface area (TPSA) is 72.9 Å². The molecular formula is C31H35NO5. The summed E-state index contributed by atoms with van der Waals surface area (Å²) in [6, 6.07) is 27.7. The zero-order valence-electron chi connectivity index (χ0n) is 21.7. The Morgan fingerprint density at radius 3 is 1.65 bits per heavy atom. The Kier molecular flexibility index (Phi) is 10.2. The van der Waals surface area contributed by atoms with E-state index in [-0.39, 0.29) is 13.0 Å². The van der Waals surface area contributed by atoms with Crippen molar-refractivity contribution in [1.82, 2.24) is 4.90 Å². The van der Waals surface area contributed by atoms with Crippen LogP contribution in [0.4, 0.5) is 0 Å². The minimum Gasteiger partial charge on any atom is -0.460 e. The maximum Gasteiger partial charge on any atom is 0.324 e. The molecule has 6 heteroatoms. The van der Waals surface area contributed by atoms with Crippen molar-refractivity contribution in [2.45, 2.75) is 58.5 Å². The summed E-state index contributed by atoms with van der Waals surface area (Å²) in [4.78, 5) is 40.8. The lowest BCUT2D eigenvalue weighted by atomic mass is 9.93. The lowest BCUT2D eigenvalue weighted by Crippen LogP contribution is -2.50. The number of esters is 2. The Bertz CT molecular complexity index is 1090. The predicted octanol–water partition coefficient (Wildman–Crippen LogP) is 5.35. The number of carbonyl (C=O) groups excluding carboxylic acids is 3. The average molecular weight is 502 g/mol. The summed E-state index contributed by atoms with van der Waals surface area (Å²) in [5.41, 5.74) is 1.98. The number of aldehydes is 1. The van der Waals surface area contributed by atoms with Gasteiger partial charge in [-0.15, -0.1) is 0 Å². The van der Waals surface area contributed by atoms with Crippen LogP contribution in [0.3, 0.4) is 0 Å². The van der Waals surface area contributed by atoms with Crippen molar-refractivity contribution < 1.29 is 23.9 Å². The minimum absolute atomic E-state index is 0.0583. The van der Waals surface area contributed by atoms with E-state index < -0.39 is 29.5 Å². The SMILES string of the molecule is CC(C)(C)OC(=O)C(CC=O)C(C(=O)OCc1ccccc1)N(Cc1ccccc1)Cc1ccccc1. The first kappa shape index (κ1) is 27.8. The molecule has 0 spiro atoms. The first-order valence-electron chi connectivity index (χ1n) is 12.5. The normalized spacial score (nSPS) is 13.0. The largest absolute Gasteiger partial charge is 0.460 e. The van der Waals surface area contributed by atoms with Gasteiger partial charge in [-0.1, -0.05) is 91.0 Å². The van der Waals surface area contributed by atoms with Crippen LogP contribution in [0.1, 0.15) is 43.9 Å². The molecule has 0 aliphatic carbocycles. The molecule has 194 valence electrons. The lowest BCUT2D eigenvalue weighted by molar-refractivity contribution is -0.171. The Hall–Kier alpha value is -3.77. The van der Waals surface area contributed by atoms with Gasteiger partial charge in [-0.25, -0.2) is 0 Å². The van der Waals surface area contributed by atoms with Crippen LogP contribution in [0.5, 0.6) is 0 Å². The second kappa shape index (κ2) is 13.5. The highest BCUT2D eigenvalue weighted by atomic mass is 16.6. The molecule has 37 heavy (non-hydrogen) atoms. The zero-order valence-corrected chi connectivity index (χ0v) is 21.7. The second-order valence-corrected chi connectivity index (χ2v) is 9.96. The van der Waals surface area contributed by atoms with Crippen LogP contribution in [0.25, 0.3) is 0 Å². The molecule has 0 amide bonds. The van der Waals surface area contributed by atoms with Crippen LogP contribution in [-0.2, 0) is 43.6 Å². The molecule has 3 aromatic carbocycles. The van der Waals surface area contributed by atoms with E-state index in [0.717, 1.165) is 16.7 Å². The molecule has 0 bridgehead atoms. The van der Waals surface area contributed by atoms with Crippen molar-refractivity contribution in [2.75, 3.05) is 0 Å². The number of hydrogen-bond acceptors (Lipinski definition) is 6. The molecule has 0 heterocycles. The van der Waals surface area contributed by atoms with Crippen LogP contribution in [0.15, 0.2) is 91.0 Å². The van der Waals surface area contributed by atoms with Gasteiger partial charge in [0.05, 0.1) is 5.92 Å². The van der Waals surface area contributed by atoms with Gasteiger partial charge in [0.25, 0.3) is 0 Å². The smallest absolute Gasteiger partial charge is 0.324 e. The number of benzene rings is 3. The van der Waals surface area contributed by atoms with Crippen LogP contribution in [0.2, 0.25) is 0 Å². The molecule has 0 aliphatic rings. The number of nitrogens with zero attached hydrogens (tertiary/aromatic N) is 1. The standard InChI is InChI=1S/C31H35NO5/c1-31(2,3)37-29(34)27(19-20-33)28(30(35)36-23-26-17-11-6-12-18-26)32(21-24-13-7-4-8-14-24)22-25-15-9-5-10-16-25/h4-18,20,27-28H,19,21-23H2,1-3H3. The van der Waals surface area contributed by atoms with E-state index in [4.69, 9.17) is 9.47 Å². The van der Waals surface area contributed by atoms with Gasteiger partial charge in [0, 0.05) is 19.5 Å². The summed E-state index contributed by atoms with van der Waals surface area (Å²) >= 11 is 0. The molecular weight excluding hydrogens is 466 g/mol. The average Bonchev–Trinajstić information content (AvgIpc) is 2.88. The van der Waals surface area contributed by atoms with Gasteiger partial charge in [0.1, 0.15) is 24.5 Å². The summed E-state index contributed by atoms with van der Waals surface area (Å²) < 4.78 is 11.4. The highest BCUT2D eigenvalue weighted by molar-refractivity contribution is 5.86. The van der Waals surface area contributed by atoms with E-state index >= 15 is 0 Å². The number of ether oxygens (including phenoxy) is 2. The third kappa shape index (κ3) is 8.99. The van der Waals surface area contributed by atoms with Crippen molar-refractivity contribution in [3.63, 3.8) is 0 Å². The molecule has 3 rings (SSSR count). The summed E-state index contributed by atoms with van der Waals surface area (Å²) in [6.07, 6.45) is 0.495. The fraction of sp³-hybridized carbons (Fsp3) is 0.323. The summed E-state index contributed by atoms with van der Waals surface area (Å²) in [6.45, 7) is 6.09. The highest BCUT2D eigenvalue weighted by Crippen LogP contribution is 2.25. The number of carbonyl (C=O) groups is 3. The molecule has 2 unspecified atom stereocenters. The molecule has 0 saturated carbocycles. The quantitative estimate of drug-likeness (QED) is 0.246. The number of rotatable bonds is 12. The molecule has 0 fully saturated rings. The van der Waals surface area contributed by atoms with E-state index in [0.29, 0.717) is 19.4 Å². The first-order chi connectivity index (χ1) is 17.8. The first-order valence-corrected chi connectivity index (χ1v) is 12.5. The lowest BCUT2D eigenvalue weighted by Gasteiger charge is -2.35. The molecule has 3 aromatic rings. The molecule has 0 radical (unpaired) electrons. The van der Waals surface area contributed by atoms with E-state index in [9.17, 15) is 14.4 Å². The molecule has 0 aromatic heterocycles. The van der Waals surface area contributed by atoms with Crippen molar-refractivity contribution in [3.05, 3.63) is 108 Å². The maximum atomic E-state index is 13.7. The van der Waals surface area contributed by atoms with Crippen molar-refractivity contribution >= 4 is 18.2 Å². The van der Waals surface area contributed by atoms with Crippen molar-refractivity contribution in [3.8, 4) is 0 Å². The van der Waals surface area contributed by atoms with Crippen LogP contribution in [0, 0.1) is 5.92 Å². The Labute approximate surface area is 219 Å². The Morgan fingerprint density at radius 2 is 1.22 bits per heavy atom. The van der Waals surface area contributed by atoms with Gasteiger partial charge in [-0.05, 0) is 37.5 Å². The van der Waals surface area contributed by atoms with E-state index in [1.54, 1.807) is 20.8 Å². The predicted molar refractivity (Wildman–Crippen MR) is 142 cm³/mol. The summed E-state index contributed by atoms with van der Waals surface area (Å²) in [7, 11) is 0. The molecule has 0 N–H and O–H groups in total. The monoisotopic (exact) mass is 501 g/mol. The van der Waals surface area contributed by atoms with Crippen molar-refractivity contribution in [1.29, 1.82) is 0 Å². The zero-order chi connectivity index (χ0) is 26.7. The molecule has 0 saturated heterocycles. The number of hydrogen-bond donors (Lipinski definition) is 0. The van der Waals surface area contributed by atoms with E-state index in [2.05, 4.69) is 0 Å². The Balaban J connectivity index is 2.00. The fourth-order valence-electron chi connectivity index (χ4n) is 4.11. The van der Waals surface area contributed by atoms with Crippen molar-refractivity contribution in [2.24, 2.45) is 5.92 Å². The van der Waals surface area contributed by atoms with Gasteiger partial charge in [-0.2, -0.15) is 0 Å². The van der Waals surface area contributed by atoms with Crippen LogP contribution in [-0.4, -0.2) is 34.8 Å².